The van der Waals surface area contributed by atoms with Crippen molar-refractivity contribution >= 4 is 6.09 Å². The lowest BCUT2D eigenvalue weighted by Gasteiger charge is -2.20. The summed E-state index contributed by atoms with van der Waals surface area (Å²) in [7, 11) is 0. The average Bonchev–Trinajstić information content (AvgIpc) is 2.90. The van der Waals surface area contributed by atoms with Crippen molar-refractivity contribution in [1.82, 2.24) is 14.7 Å². The van der Waals surface area contributed by atoms with Gasteiger partial charge >= 0.3 is 12.3 Å². The molecule has 9 heteroatoms. The lowest BCUT2D eigenvalue weighted by atomic mass is 10.1. The van der Waals surface area contributed by atoms with Gasteiger partial charge in [-0.15, -0.1) is 0 Å². The van der Waals surface area contributed by atoms with Gasteiger partial charge in [0, 0.05) is 19.1 Å². The minimum atomic E-state index is -4.44. The fourth-order valence-electron chi connectivity index (χ4n) is 3.21. The molecule has 0 bridgehead atoms. The van der Waals surface area contributed by atoms with Crippen molar-refractivity contribution in [2.45, 2.75) is 52.2 Å². The molecule has 2 aromatic rings. The number of carbonyl (C=O) groups is 1. The van der Waals surface area contributed by atoms with E-state index in [0.29, 0.717) is 37.2 Å². The van der Waals surface area contributed by atoms with E-state index in [-0.39, 0.29) is 12.6 Å². The zero-order valence-electron chi connectivity index (χ0n) is 15.8. The number of ether oxygens (including phenoxy) is 1. The molecule has 1 aliphatic rings. The van der Waals surface area contributed by atoms with Gasteiger partial charge in [0.2, 0.25) is 0 Å². The number of hydrogen-bond donors (Lipinski definition) is 1. The highest BCUT2D eigenvalue weighted by atomic mass is 19.4. The summed E-state index contributed by atoms with van der Waals surface area (Å²) in [6.45, 7) is 4.67. The van der Waals surface area contributed by atoms with E-state index in [0.717, 1.165) is 23.5 Å². The number of halogens is 3. The highest BCUT2D eigenvalue weighted by Gasteiger charge is 2.31. The van der Waals surface area contributed by atoms with E-state index in [1.165, 1.54) is 4.90 Å². The molecule has 1 aromatic heterocycles. The molecule has 0 saturated heterocycles. The molecule has 1 aliphatic heterocycles. The molecule has 2 N–H and O–H groups in total. The molecule has 0 aliphatic carbocycles. The van der Waals surface area contributed by atoms with Gasteiger partial charge in [-0.3, -0.25) is 4.68 Å². The first-order chi connectivity index (χ1) is 13.1. The molecule has 152 valence electrons. The molecule has 0 saturated carbocycles. The lowest BCUT2D eigenvalue weighted by molar-refractivity contribution is -0.137. The molecule has 3 rings (SSSR count). The van der Waals surface area contributed by atoms with E-state index in [2.05, 4.69) is 5.10 Å². The summed E-state index contributed by atoms with van der Waals surface area (Å²) in [4.78, 5) is 14.0. The van der Waals surface area contributed by atoms with Crippen LogP contribution in [0.25, 0.3) is 0 Å². The first-order valence-corrected chi connectivity index (χ1v) is 9.05. The van der Waals surface area contributed by atoms with Gasteiger partial charge in [-0.25, -0.2) is 4.79 Å². The highest BCUT2D eigenvalue weighted by Crippen LogP contribution is 2.30. The van der Waals surface area contributed by atoms with E-state index < -0.39 is 17.8 Å². The Morgan fingerprint density at radius 1 is 1.29 bits per heavy atom. The number of nitrogens with two attached hydrogens (primary N) is 1. The molecule has 28 heavy (non-hydrogen) atoms. The van der Waals surface area contributed by atoms with Crippen LogP contribution in [0.15, 0.2) is 24.3 Å². The lowest BCUT2D eigenvalue weighted by Crippen LogP contribution is -2.31. The van der Waals surface area contributed by atoms with Crippen molar-refractivity contribution in [2.75, 3.05) is 6.54 Å². The monoisotopic (exact) mass is 396 g/mol. The van der Waals surface area contributed by atoms with Gasteiger partial charge in [0.25, 0.3) is 0 Å². The smallest absolute Gasteiger partial charge is 0.416 e. The molecular weight excluding hydrogens is 373 g/mol. The Morgan fingerprint density at radius 3 is 2.71 bits per heavy atom. The minimum absolute atomic E-state index is 0.205. The number of amides is 1. The summed E-state index contributed by atoms with van der Waals surface area (Å²) in [6.07, 6.45) is -4.30. The maximum absolute atomic E-state index is 12.9. The van der Waals surface area contributed by atoms with Crippen LogP contribution in [0.1, 0.15) is 47.5 Å². The molecule has 1 aromatic carbocycles. The second-order valence-electron chi connectivity index (χ2n) is 7.11. The summed E-state index contributed by atoms with van der Waals surface area (Å²) in [5, 5.41) is 4.45. The van der Waals surface area contributed by atoms with Crippen LogP contribution in [0, 0.1) is 6.92 Å². The predicted octanol–water partition coefficient (Wildman–Crippen LogP) is 3.77. The zero-order chi connectivity index (χ0) is 20.5. The van der Waals surface area contributed by atoms with Crippen LogP contribution in [0.5, 0.6) is 0 Å². The van der Waals surface area contributed by atoms with Gasteiger partial charge in [-0.1, -0.05) is 11.6 Å². The standard InChI is InChI=1S/C19H23F3N4O2/c1-12-6-14(8-15(7-12)19(20,21)22)11-28-18(27)25-4-3-5-26-16(10-25)9-17(24-26)13(2)23/h6-9,13H,3-5,10-11,23H2,1-2H3. The summed E-state index contributed by atoms with van der Waals surface area (Å²) in [6, 6.07) is 5.31. The van der Waals surface area contributed by atoms with E-state index in [9.17, 15) is 18.0 Å². The van der Waals surface area contributed by atoms with Gasteiger partial charge in [0.1, 0.15) is 6.61 Å². The maximum Gasteiger partial charge on any atom is 0.416 e. The van der Waals surface area contributed by atoms with Gasteiger partial charge in [0.05, 0.1) is 23.5 Å². The van der Waals surface area contributed by atoms with Gasteiger partial charge in [-0.05, 0) is 44.0 Å². The largest absolute Gasteiger partial charge is 0.445 e. The van der Waals surface area contributed by atoms with Crippen LogP contribution < -0.4 is 5.73 Å². The Bertz CT molecular complexity index is 861. The van der Waals surface area contributed by atoms with E-state index in [4.69, 9.17) is 10.5 Å². The van der Waals surface area contributed by atoms with E-state index in [1.807, 2.05) is 17.7 Å². The number of alkyl halides is 3. The molecule has 1 unspecified atom stereocenters. The normalized spacial score (nSPS) is 15.7. The molecule has 0 fully saturated rings. The molecule has 0 spiro atoms. The number of fused-ring (bicyclic) bond motifs is 1. The third-order valence-electron chi connectivity index (χ3n) is 4.58. The fraction of sp³-hybridized carbons (Fsp3) is 0.474. The molecule has 1 atom stereocenters. The number of hydrogen-bond acceptors (Lipinski definition) is 4. The van der Waals surface area contributed by atoms with Crippen molar-refractivity contribution in [3.8, 4) is 0 Å². The van der Waals surface area contributed by atoms with Gasteiger partial charge in [-0.2, -0.15) is 18.3 Å². The van der Waals surface area contributed by atoms with Crippen LogP contribution in [0.4, 0.5) is 18.0 Å². The van der Waals surface area contributed by atoms with Crippen LogP contribution in [0.3, 0.4) is 0 Å². The van der Waals surface area contributed by atoms with Crippen molar-refractivity contribution in [1.29, 1.82) is 0 Å². The molecular formula is C19H23F3N4O2. The SMILES string of the molecule is Cc1cc(COC(=O)N2CCCn3nc(C(C)N)cc3C2)cc(C(F)(F)F)c1. The summed E-state index contributed by atoms with van der Waals surface area (Å²) in [5.41, 5.74) is 7.49. The van der Waals surface area contributed by atoms with E-state index >= 15 is 0 Å². The summed E-state index contributed by atoms with van der Waals surface area (Å²) >= 11 is 0. The zero-order valence-corrected chi connectivity index (χ0v) is 15.8. The number of rotatable bonds is 3. The average molecular weight is 396 g/mol. The van der Waals surface area contributed by atoms with Crippen molar-refractivity contribution in [3.05, 3.63) is 52.3 Å². The van der Waals surface area contributed by atoms with Crippen molar-refractivity contribution < 1.29 is 22.7 Å². The second kappa shape index (κ2) is 7.83. The third kappa shape index (κ3) is 4.64. The molecule has 6 nitrogen and oxygen atoms in total. The number of aryl methyl sites for hydroxylation is 2. The van der Waals surface area contributed by atoms with Crippen LogP contribution >= 0.6 is 0 Å². The van der Waals surface area contributed by atoms with E-state index in [1.54, 1.807) is 13.0 Å². The number of benzene rings is 1. The van der Waals surface area contributed by atoms with Gasteiger partial charge in [0.15, 0.2) is 0 Å². The molecule has 2 heterocycles. The Labute approximate surface area is 161 Å². The number of nitrogens with zero attached hydrogens (tertiary/aromatic N) is 3. The van der Waals surface area contributed by atoms with Crippen LogP contribution in [-0.2, 0) is 30.6 Å². The first-order valence-electron chi connectivity index (χ1n) is 9.05. The van der Waals surface area contributed by atoms with Crippen LogP contribution in [0.2, 0.25) is 0 Å². The topological polar surface area (TPSA) is 73.4 Å². The van der Waals surface area contributed by atoms with Gasteiger partial charge < -0.3 is 15.4 Å². The quantitative estimate of drug-likeness (QED) is 0.857. The molecule has 1 amide bonds. The van der Waals surface area contributed by atoms with Crippen molar-refractivity contribution in [2.24, 2.45) is 5.73 Å². The Balaban J connectivity index is 1.67. The van der Waals surface area contributed by atoms with Crippen LogP contribution in [-0.4, -0.2) is 27.3 Å². The maximum atomic E-state index is 12.9. The minimum Gasteiger partial charge on any atom is -0.445 e. The number of aromatic nitrogens is 2. The summed E-state index contributed by atoms with van der Waals surface area (Å²) < 4.78 is 46.0. The number of carbonyl (C=O) groups excluding carboxylic acids is 1. The Hall–Kier alpha value is -2.55. The molecule has 0 radical (unpaired) electrons. The third-order valence-corrected chi connectivity index (χ3v) is 4.58. The fourth-order valence-corrected chi connectivity index (χ4v) is 3.21. The predicted molar refractivity (Wildman–Crippen MR) is 96.2 cm³/mol. The Kier molecular flexibility index (Phi) is 5.64. The first kappa shape index (κ1) is 20.2. The Morgan fingerprint density at radius 2 is 2.04 bits per heavy atom. The second-order valence-corrected chi connectivity index (χ2v) is 7.11. The summed E-state index contributed by atoms with van der Waals surface area (Å²) in [5.74, 6) is 0. The van der Waals surface area contributed by atoms with Crippen molar-refractivity contribution in [3.63, 3.8) is 0 Å². The highest BCUT2D eigenvalue weighted by molar-refractivity contribution is 5.67.